The molecule has 3 aromatic rings. The summed E-state index contributed by atoms with van der Waals surface area (Å²) in [6, 6.07) is 1.70. The molecule has 3 aromatic heterocycles. The summed E-state index contributed by atoms with van der Waals surface area (Å²) in [5.74, 6) is 1.70. The van der Waals surface area contributed by atoms with Gasteiger partial charge in [-0.05, 0) is 44.6 Å². The molecular weight excluding hydrogens is 368 g/mol. The molecule has 6 nitrogen and oxygen atoms in total. The first-order valence-corrected chi connectivity index (χ1v) is 10.4. The first kappa shape index (κ1) is 17.5. The van der Waals surface area contributed by atoms with E-state index in [9.17, 15) is 4.79 Å². The van der Waals surface area contributed by atoms with Gasteiger partial charge in [-0.2, -0.15) is 0 Å². The van der Waals surface area contributed by atoms with Crippen LogP contribution in [0.1, 0.15) is 36.5 Å². The zero-order valence-corrected chi connectivity index (χ0v) is 16.5. The van der Waals surface area contributed by atoms with Gasteiger partial charge >= 0.3 is 0 Å². The molecule has 0 saturated carbocycles. The average Bonchev–Trinajstić information content (AvgIpc) is 3.17. The number of rotatable bonds is 4. The number of fused-ring (bicyclic) bond motifs is 3. The minimum absolute atomic E-state index is 0.118. The minimum Gasteiger partial charge on any atom is -0.360 e. The lowest BCUT2D eigenvalue weighted by atomic mass is 9.89. The van der Waals surface area contributed by atoms with Gasteiger partial charge in [0.2, 0.25) is 5.91 Å². The van der Waals surface area contributed by atoms with Crippen molar-refractivity contribution in [1.82, 2.24) is 15.1 Å². The van der Waals surface area contributed by atoms with Gasteiger partial charge in [-0.15, -0.1) is 11.3 Å². The predicted molar refractivity (Wildman–Crippen MR) is 104 cm³/mol. The maximum Gasteiger partial charge on any atom is 0.238 e. The number of aromatic nitrogens is 3. The van der Waals surface area contributed by atoms with E-state index < -0.39 is 0 Å². The van der Waals surface area contributed by atoms with Crippen molar-refractivity contribution in [2.24, 2.45) is 5.92 Å². The molecule has 1 aliphatic rings. The molecule has 26 heavy (non-hydrogen) atoms. The molecule has 136 valence electrons. The molecule has 0 bridgehead atoms. The zero-order valence-electron chi connectivity index (χ0n) is 14.9. The molecule has 0 spiro atoms. The van der Waals surface area contributed by atoms with Crippen molar-refractivity contribution in [3.8, 4) is 0 Å². The van der Waals surface area contributed by atoms with E-state index in [-0.39, 0.29) is 11.2 Å². The lowest BCUT2D eigenvalue weighted by molar-refractivity contribution is -0.115. The Morgan fingerprint density at radius 3 is 3.08 bits per heavy atom. The molecule has 0 fully saturated rings. The number of nitrogens with one attached hydrogen (secondary N) is 1. The van der Waals surface area contributed by atoms with Crippen molar-refractivity contribution >= 4 is 45.0 Å². The van der Waals surface area contributed by atoms with E-state index in [1.807, 2.05) is 6.92 Å². The Labute approximate surface area is 159 Å². The summed E-state index contributed by atoms with van der Waals surface area (Å²) in [5, 5.41) is 8.33. The summed E-state index contributed by atoms with van der Waals surface area (Å²) in [5.41, 5.74) is 1.38. The first-order valence-electron chi connectivity index (χ1n) is 8.67. The fourth-order valence-corrected chi connectivity index (χ4v) is 5.57. The van der Waals surface area contributed by atoms with Crippen molar-refractivity contribution in [3.05, 3.63) is 28.6 Å². The molecule has 2 atom stereocenters. The highest BCUT2D eigenvalue weighted by Crippen LogP contribution is 2.41. The van der Waals surface area contributed by atoms with Crippen LogP contribution in [0.3, 0.4) is 0 Å². The van der Waals surface area contributed by atoms with Gasteiger partial charge in [-0.3, -0.25) is 4.79 Å². The fourth-order valence-electron chi connectivity index (χ4n) is 3.21. The van der Waals surface area contributed by atoms with Crippen LogP contribution in [0, 0.1) is 12.8 Å². The second-order valence-electron chi connectivity index (χ2n) is 6.78. The maximum absolute atomic E-state index is 12.5. The van der Waals surface area contributed by atoms with Crippen LogP contribution in [0.5, 0.6) is 0 Å². The summed E-state index contributed by atoms with van der Waals surface area (Å²) in [4.78, 5) is 23.9. The van der Waals surface area contributed by atoms with Gasteiger partial charge < -0.3 is 9.84 Å². The second-order valence-corrected chi connectivity index (χ2v) is 9.20. The second kappa shape index (κ2) is 7.00. The van der Waals surface area contributed by atoms with Crippen LogP contribution in [-0.2, 0) is 17.6 Å². The molecule has 0 aromatic carbocycles. The predicted octanol–water partition coefficient (Wildman–Crippen LogP) is 4.23. The highest BCUT2D eigenvalue weighted by atomic mass is 32.2. The first-order chi connectivity index (χ1) is 12.5. The molecule has 0 aliphatic heterocycles. The molecule has 4 rings (SSSR count). The van der Waals surface area contributed by atoms with E-state index in [0.717, 1.165) is 34.0 Å². The number of carbonyl (C=O) groups is 1. The van der Waals surface area contributed by atoms with Crippen LogP contribution in [0.15, 0.2) is 21.9 Å². The standard InChI is InChI=1S/C18H20N4O2S2/c1-9-4-5-12-13(6-9)26-18-15(12)17(19-8-20-18)25-11(3)16(23)21-14-7-10(2)24-22-14/h7-9,11H,4-6H2,1-3H3,(H,21,22,23)/t9-,11+/m1/s1. The molecule has 0 radical (unpaired) electrons. The third kappa shape index (κ3) is 3.35. The fraction of sp³-hybridized carbons (Fsp3) is 0.444. The molecule has 1 amide bonds. The van der Waals surface area contributed by atoms with Gasteiger partial charge in [0.25, 0.3) is 0 Å². The molecule has 0 saturated heterocycles. The minimum atomic E-state index is -0.303. The number of hydrogen-bond donors (Lipinski definition) is 1. The molecular formula is C18H20N4O2S2. The zero-order chi connectivity index (χ0) is 18.3. The molecule has 0 unspecified atom stereocenters. The SMILES string of the molecule is Cc1cc(NC(=O)[C@H](C)Sc2ncnc3sc4c(c23)CC[C@@H](C)C4)no1. The van der Waals surface area contributed by atoms with Crippen LogP contribution >= 0.6 is 23.1 Å². The Morgan fingerprint density at radius 2 is 2.31 bits per heavy atom. The van der Waals surface area contributed by atoms with Gasteiger partial charge in [0.1, 0.15) is 21.9 Å². The highest BCUT2D eigenvalue weighted by Gasteiger charge is 2.25. The van der Waals surface area contributed by atoms with Gasteiger partial charge in [0.15, 0.2) is 5.82 Å². The van der Waals surface area contributed by atoms with Crippen LogP contribution in [0.25, 0.3) is 10.2 Å². The summed E-state index contributed by atoms with van der Waals surface area (Å²) in [6.07, 6.45) is 4.97. The lowest BCUT2D eigenvalue weighted by Crippen LogP contribution is -2.22. The van der Waals surface area contributed by atoms with Gasteiger partial charge in [0.05, 0.1) is 5.25 Å². The van der Waals surface area contributed by atoms with Crippen molar-refractivity contribution in [1.29, 1.82) is 0 Å². The maximum atomic E-state index is 12.5. The van der Waals surface area contributed by atoms with E-state index in [1.54, 1.807) is 30.7 Å². The van der Waals surface area contributed by atoms with E-state index in [4.69, 9.17) is 4.52 Å². The van der Waals surface area contributed by atoms with Gasteiger partial charge in [-0.1, -0.05) is 23.8 Å². The number of anilines is 1. The Morgan fingerprint density at radius 1 is 1.46 bits per heavy atom. The highest BCUT2D eigenvalue weighted by molar-refractivity contribution is 8.00. The van der Waals surface area contributed by atoms with Gasteiger partial charge in [0, 0.05) is 16.3 Å². The third-order valence-corrected chi connectivity index (χ3v) is 6.86. The molecule has 1 N–H and O–H groups in total. The van der Waals surface area contributed by atoms with Crippen molar-refractivity contribution in [2.75, 3.05) is 5.32 Å². The Hall–Kier alpha value is -1.93. The van der Waals surface area contributed by atoms with Crippen molar-refractivity contribution < 1.29 is 9.32 Å². The normalized spacial score (nSPS) is 17.9. The molecule has 8 heteroatoms. The number of thioether (sulfide) groups is 1. The summed E-state index contributed by atoms with van der Waals surface area (Å²) in [6.45, 7) is 5.97. The number of amides is 1. The van der Waals surface area contributed by atoms with Crippen molar-refractivity contribution in [3.63, 3.8) is 0 Å². The molecule has 3 heterocycles. The number of hydrogen-bond acceptors (Lipinski definition) is 7. The van der Waals surface area contributed by atoms with Gasteiger partial charge in [-0.25, -0.2) is 9.97 Å². The van der Waals surface area contributed by atoms with E-state index in [1.165, 1.54) is 28.6 Å². The quantitative estimate of drug-likeness (QED) is 0.532. The van der Waals surface area contributed by atoms with Crippen LogP contribution < -0.4 is 5.32 Å². The van der Waals surface area contributed by atoms with Crippen LogP contribution in [-0.4, -0.2) is 26.3 Å². The van der Waals surface area contributed by atoms with E-state index in [0.29, 0.717) is 11.6 Å². The monoisotopic (exact) mass is 388 g/mol. The Kier molecular flexibility index (Phi) is 4.71. The number of carbonyl (C=O) groups excluding carboxylic acids is 1. The van der Waals surface area contributed by atoms with E-state index >= 15 is 0 Å². The average molecular weight is 389 g/mol. The topological polar surface area (TPSA) is 80.9 Å². The summed E-state index contributed by atoms with van der Waals surface area (Å²) in [7, 11) is 0. The number of thiophene rings is 1. The van der Waals surface area contributed by atoms with Crippen molar-refractivity contribution in [2.45, 2.75) is 50.3 Å². The number of aryl methyl sites for hydroxylation is 2. The molecule has 1 aliphatic carbocycles. The summed E-state index contributed by atoms with van der Waals surface area (Å²) >= 11 is 3.24. The Balaban J connectivity index is 1.57. The Bertz CT molecular complexity index is 965. The lowest BCUT2D eigenvalue weighted by Gasteiger charge is -2.18. The largest absolute Gasteiger partial charge is 0.360 e. The van der Waals surface area contributed by atoms with E-state index in [2.05, 4.69) is 27.4 Å². The summed E-state index contributed by atoms with van der Waals surface area (Å²) < 4.78 is 4.99. The number of nitrogens with zero attached hydrogens (tertiary/aromatic N) is 3. The smallest absolute Gasteiger partial charge is 0.238 e. The van der Waals surface area contributed by atoms with Crippen LogP contribution in [0.2, 0.25) is 0 Å². The van der Waals surface area contributed by atoms with Crippen LogP contribution in [0.4, 0.5) is 5.82 Å². The third-order valence-electron chi connectivity index (χ3n) is 4.59.